The highest BCUT2D eigenvalue weighted by Gasteiger charge is 2.48. The summed E-state index contributed by atoms with van der Waals surface area (Å²) in [4.78, 5) is 12.5. The van der Waals surface area contributed by atoms with Gasteiger partial charge in [-0.2, -0.15) is 0 Å². The molecule has 0 spiro atoms. The molecule has 0 aromatic carbocycles. The van der Waals surface area contributed by atoms with Gasteiger partial charge in [0.2, 0.25) is 0 Å². The summed E-state index contributed by atoms with van der Waals surface area (Å²) in [7, 11) is 0. The lowest BCUT2D eigenvalue weighted by molar-refractivity contribution is -0.123. The second-order valence-electron chi connectivity index (χ2n) is 6.46. The van der Waals surface area contributed by atoms with Gasteiger partial charge in [-0.15, -0.1) is 0 Å². The number of rotatable bonds is 1. The van der Waals surface area contributed by atoms with Crippen LogP contribution < -0.4 is 0 Å². The van der Waals surface area contributed by atoms with Crippen molar-refractivity contribution in [2.24, 2.45) is 17.8 Å². The van der Waals surface area contributed by atoms with Crippen LogP contribution in [0.1, 0.15) is 47.0 Å². The number of hydrogen-bond donors (Lipinski definition) is 2. The van der Waals surface area contributed by atoms with Gasteiger partial charge in [-0.1, -0.05) is 26.3 Å². The van der Waals surface area contributed by atoms with E-state index in [2.05, 4.69) is 6.92 Å². The van der Waals surface area contributed by atoms with Gasteiger partial charge in [0.15, 0.2) is 5.78 Å². The predicted octanol–water partition coefficient (Wildman–Crippen LogP) is 2.07. The van der Waals surface area contributed by atoms with Gasteiger partial charge in [-0.25, -0.2) is 0 Å². The molecule has 3 nitrogen and oxygen atoms in total. The second-order valence-corrected chi connectivity index (χ2v) is 6.46. The highest BCUT2D eigenvalue weighted by molar-refractivity contribution is 6.02. The molecule has 2 rings (SSSR count). The first-order valence-electron chi connectivity index (χ1n) is 6.95. The van der Waals surface area contributed by atoms with Crippen LogP contribution in [0, 0.1) is 17.8 Å². The summed E-state index contributed by atoms with van der Waals surface area (Å²) in [5, 5.41) is 20.6. The van der Waals surface area contributed by atoms with Crippen molar-refractivity contribution in [3.8, 4) is 0 Å². The first-order valence-corrected chi connectivity index (χ1v) is 6.95. The van der Waals surface area contributed by atoms with Crippen LogP contribution >= 0.6 is 0 Å². The van der Waals surface area contributed by atoms with Gasteiger partial charge in [0.1, 0.15) is 5.60 Å². The van der Waals surface area contributed by atoms with E-state index in [1.54, 1.807) is 6.92 Å². The molecule has 102 valence electrons. The average Bonchev–Trinajstić information content (AvgIpc) is 2.59. The van der Waals surface area contributed by atoms with Crippen LogP contribution in [0.25, 0.3) is 0 Å². The third-order valence-corrected chi connectivity index (χ3v) is 4.77. The van der Waals surface area contributed by atoms with Crippen LogP contribution in [0.4, 0.5) is 0 Å². The van der Waals surface area contributed by atoms with Crippen molar-refractivity contribution in [1.82, 2.24) is 0 Å². The number of aliphatic hydroxyl groups is 2. The molecule has 2 aliphatic rings. The zero-order valence-electron chi connectivity index (χ0n) is 11.7. The number of ketones is 1. The van der Waals surface area contributed by atoms with Crippen molar-refractivity contribution in [1.29, 1.82) is 0 Å². The Morgan fingerprint density at radius 2 is 1.94 bits per heavy atom. The summed E-state index contributed by atoms with van der Waals surface area (Å²) in [6.45, 7) is 7.78. The Kier molecular flexibility index (Phi) is 3.41. The molecule has 0 aliphatic heterocycles. The molecule has 4 atom stereocenters. The van der Waals surface area contributed by atoms with E-state index in [-0.39, 0.29) is 23.5 Å². The summed E-state index contributed by atoms with van der Waals surface area (Å²) in [6, 6.07) is 0. The van der Waals surface area contributed by atoms with Crippen molar-refractivity contribution in [3.63, 3.8) is 0 Å². The van der Waals surface area contributed by atoms with E-state index in [4.69, 9.17) is 0 Å². The van der Waals surface area contributed by atoms with Gasteiger partial charge in [-0.3, -0.25) is 4.79 Å². The smallest absolute Gasteiger partial charge is 0.165 e. The minimum absolute atomic E-state index is 0.0192. The molecule has 0 heterocycles. The molecule has 18 heavy (non-hydrogen) atoms. The van der Waals surface area contributed by atoms with E-state index in [9.17, 15) is 15.0 Å². The fourth-order valence-corrected chi connectivity index (χ4v) is 3.37. The molecule has 0 fully saturated rings. The molecular weight excluding hydrogens is 228 g/mol. The maximum Gasteiger partial charge on any atom is 0.165 e. The van der Waals surface area contributed by atoms with E-state index in [0.717, 1.165) is 18.4 Å². The fraction of sp³-hybridized carbons (Fsp3) is 0.800. The standard InChI is InChI=1S/C15H24O3/c1-8(2)10-7-11-9(3)5-6-12(16)15(4,18)13(11)14(10)17/h8-10,12,16,18H,5-7H2,1-4H3/t9-,10-,12+,15-/m0/s1. The van der Waals surface area contributed by atoms with Crippen molar-refractivity contribution in [3.05, 3.63) is 11.1 Å². The van der Waals surface area contributed by atoms with E-state index < -0.39 is 11.7 Å². The molecule has 0 amide bonds. The molecule has 0 unspecified atom stereocenters. The Balaban J connectivity index is 2.46. The average molecular weight is 252 g/mol. The van der Waals surface area contributed by atoms with Crippen LogP contribution in [0.5, 0.6) is 0 Å². The van der Waals surface area contributed by atoms with Gasteiger partial charge in [-0.05, 0) is 38.0 Å². The maximum absolute atomic E-state index is 12.5. The maximum atomic E-state index is 12.5. The van der Waals surface area contributed by atoms with Gasteiger partial charge < -0.3 is 10.2 Å². The number of allylic oxidation sites excluding steroid dienone is 1. The molecule has 0 radical (unpaired) electrons. The first kappa shape index (κ1) is 13.8. The topological polar surface area (TPSA) is 57.5 Å². The minimum atomic E-state index is -1.37. The van der Waals surface area contributed by atoms with Crippen molar-refractivity contribution in [2.45, 2.75) is 58.7 Å². The normalized spacial score (nSPS) is 41.3. The van der Waals surface area contributed by atoms with E-state index in [1.807, 2.05) is 13.8 Å². The largest absolute Gasteiger partial charge is 0.390 e. The third-order valence-electron chi connectivity index (χ3n) is 4.77. The summed E-state index contributed by atoms with van der Waals surface area (Å²) in [6.07, 6.45) is 1.33. The Hall–Kier alpha value is -0.670. The zero-order valence-corrected chi connectivity index (χ0v) is 11.7. The molecule has 3 heteroatoms. The van der Waals surface area contributed by atoms with Gasteiger partial charge in [0.25, 0.3) is 0 Å². The molecule has 0 saturated heterocycles. The lowest BCUT2D eigenvalue weighted by Crippen LogP contribution is -2.43. The molecular formula is C15H24O3. The molecule has 0 saturated carbocycles. The number of carbonyl (C=O) groups excluding carboxylic acids is 1. The first-order chi connectivity index (χ1) is 8.26. The summed E-state index contributed by atoms with van der Waals surface area (Å²) < 4.78 is 0. The van der Waals surface area contributed by atoms with Crippen LogP contribution in [0.3, 0.4) is 0 Å². The quantitative estimate of drug-likeness (QED) is 0.751. The Bertz CT molecular complexity index is 393. The summed E-state index contributed by atoms with van der Waals surface area (Å²) in [5.74, 6) is 0.605. The SMILES string of the molecule is CC(C)[C@@H]1CC2=C(C1=O)[C@@](C)(O)[C@H](O)CC[C@@H]2C. The van der Waals surface area contributed by atoms with Crippen molar-refractivity contribution in [2.75, 3.05) is 0 Å². The molecule has 2 N–H and O–H groups in total. The Morgan fingerprint density at radius 1 is 1.33 bits per heavy atom. The van der Waals surface area contributed by atoms with Crippen molar-refractivity contribution >= 4 is 5.78 Å². The van der Waals surface area contributed by atoms with Crippen LogP contribution in [-0.4, -0.2) is 27.7 Å². The predicted molar refractivity (Wildman–Crippen MR) is 70.0 cm³/mol. The highest BCUT2D eigenvalue weighted by Crippen LogP contribution is 2.46. The van der Waals surface area contributed by atoms with Gasteiger partial charge in [0.05, 0.1) is 6.10 Å². The Morgan fingerprint density at radius 3 is 2.50 bits per heavy atom. The number of aliphatic hydroxyl groups excluding tert-OH is 1. The zero-order chi connectivity index (χ0) is 13.7. The molecule has 0 aromatic rings. The third kappa shape index (κ3) is 1.94. The van der Waals surface area contributed by atoms with Crippen molar-refractivity contribution < 1.29 is 15.0 Å². The summed E-state index contributed by atoms with van der Waals surface area (Å²) in [5.41, 5.74) is 0.222. The van der Waals surface area contributed by atoms with Crippen LogP contribution in [-0.2, 0) is 4.79 Å². The lowest BCUT2D eigenvalue weighted by Gasteiger charge is -2.29. The van der Waals surface area contributed by atoms with E-state index in [1.165, 1.54) is 0 Å². The molecule has 2 aliphatic carbocycles. The second kappa shape index (κ2) is 4.46. The van der Waals surface area contributed by atoms with Gasteiger partial charge in [0, 0.05) is 11.5 Å². The van der Waals surface area contributed by atoms with Crippen LogP contribution in [0.15, 0.2) is 11.1 Å². The summed E-state index contributed by atoms with van der Waals surface area (Å²) >= 11 is 0. The lowest BCUT2D eigenvalue weighted by atomic mass is 9.83. The monoisotopic (exact) mass is 252 g/mol. The fourth-order valence-electron chi connectivity index (χ4n) is 3.37. The minimum Gasteiger partial charge on any atom is -0.390 e. The molecule has 0 aromatic heterocycles. The Labute approximate surface area is 109 Å². The highest BCUT2D eigenvalue weighted by atomic mass is 16.3. The number of hydrogen-bond acceptors (Lipinski definition) is 3. The van der Waals surface area contributed by atoms with E-state index >= 15 is 0 Å². The molecule has 0 bridgehead atoms. The number of Topliss-reactive ketones (excluding diaryl/α,β-unsaturated/α-hetero) is 1. The van der Waals surface area contributed by atoms with E-state index in [0.29, 0.717) is 12.0 Å². The van der Waals surface area contributed by atoms with Crippen LogP contribution in [0.2, 0.25) is 0 Å². The van der Waals surface area contributed by atoms with Gasteiger partial charge >= 0.3 is 0 Å². The number of carbonyl (C=O) groups is 1.